The summed E-state index contributed by atoms with van der Waals surface area (Å²) in [6, 6.07) is 4.31. The zero-order valence-corrected chi connectivity index (χ0v) is 24.6. The van der Waals surface area contributed by atoms with Gasteiger partial charge in [-0.15, -0.1) is 9.24 Å². The maximum atomic E-state index is 13.8. The number of likely N-dealkylation sites (tertiary alicyclic amines) is 2. The van der Waals surface area contributed by atoms with Gasteiger partial charge in [-0.2, -0.15) is 0 Å². The third-order valence-corrected chi connectivity index (χ3v) is 9.11. The molecule has 0 bridgehead atoms. The maximum absolute atomic E-state index is 13.8. The highest BCUT2D eigenvalue weighted by atomic mass is 31.0. The van der Waals surface area contributed by atoms with Crippen molar-refractivity contribution in [1.82, 2.24) is 24.8 Å². The van der Waals surface area contributed by atoms with E-state index < -0.39 is 5.16 Å². The second-order valence-electron chi connectivity index (χ2n) is 10.9. The summed E-state index contributed by atoms with van der Waals surface area (Å²) >= 11 is 0. The largest absolute Gasteiger partial charge is 0.368 e. The number of rotatable bonds is 7. The van der Waals surface area contributed by atoms with Crippen LogP contribution in [0.2, 0.25) is 0 Å². The quantitative estimate of drug-likeness (QED) is 0.406. The normalized spacial score (nSPS) is 21.9. The second kappa shape index (κ2) is 12.0. The monoisotopic (exact) mass is 561 g/mol. The van der Waals surface area contributed by atoms with Crippen molar-refractivity contribution in [1.29, 1.82) is 0 Å². The molecule has 3 aliphatic rings. The fourth-order valence-electron chi connectivity index (χ4n) is 6.04. The molecule has 2 fully saturated rings. The van der Waals surface area contributed by atoms with Gasteiger partial charge in [0.1, 0.15) is 6.17 Å². The number of pyridine rings is 1. The minimum atomic E-state index is -0.415. The first-order valence-electron chi connectivity index (χ1n) is 14.0. The van der Waals surface area contributed by atoms with Crippen LogP contribution in [0.1, 0.15) is 38.2 Å². The smallest absolute Gasteiger partial charge is 0.232 e. The molecular formula is C29H40N9OP. The summed E-state index contributed by atoms with van der Waals surface area (Å²) < 4.78 is 0. The molecule has 40 heavy (non-hydrogen) atoms. The van der Waals surface area contributed by atoms with Crippen molar-refractivity contribution in [3.8, 4) is 0 Å². The lowest BCUT2D eigenvalue weighted by atomic mass is 9.92. The van der Waals surface area contributed by atoms with Crippen molar-refractivity contribution in [2.45, 2.75) is 56.5 Å². The van der Waals surface area contributed by atoms with Gasteiger partial charge in [0.2, 0.25) is 11.9 Å². The maximum Gasteiger partial charge on any atom is 0.232 e. The highest BCUT2D eigenvalue weighted by molar-refractivity contribution is 7.21. The Hall–Kier alpha value is -3.36. The van der Waals surface area contributed by atoms with Gasteiger partial charge in [-0.25, -0.2) is 15.0 Å². The van der Waals surface area contributed by atoms with Crippen LogP contribution in [-0.2, 0) is 11.3 Å². The van der Waals surface area contributed by atoms with Crippen molar-refractivity contribution in [2.75, 3.05) is 48.8 Å². The summed E-state index contributed by atoms with van der Waals surface area (Å²) in [5.41, 5.74) is 8.51. The van der Waals surface area contributed by atoms with E-state index in [-0.39, 0.29) is 24.1 Å². The molecule has 2 unspecified atom stereocenters. The summed E-state index contributed by atoms with van der Waals surface area (Å²) in [5.74, 6) is 1.50. The molecule has 0 spiro atoms. The number of carbonyl (C=O) groups is 1. The van der Waals surface area contributed by atoms with Gasteiger partial charge in [0, 0.05) is 63.1 Å². The lowest BCUT2D eigenvalue weighted by Crippen LogP contribution is -2.56. The topological polar surface area (TPSA) is 107 Å². The van der Waals surface area contributed by atoms with Crippen molar-refractivity contribution in [3.05, 3.63) is 60.7 Å². The van der Waals surface area contributed by atoms with Crippen LogP contribution in [0.3, 0.4) is 0 Å². The number of nitrogen functional groups attached to an aromatic ring is 1. The minimum absolute atomic E-state index is 0.109. The Balaban J connectivity index is 1.21. The van der Waals surface area contributed by atoms with E-state index in [1.807, 2.05) is 31.3 Å². The third kappa shape index (κ3) is 5.74. The number of carbonyl (C=O) groups excluding carboxylic acids is 1. The minimum Gasteiger partial charge on any atom is -0.368 e. The van der Waals surface area contributed by atoms with Gasteiger partial charge in [0.05, 0.1) is 16.5 Å². The first-order chi connectivity index (χ1) is 19.3. The Morgan fingerprint density at radius 3 is 2.58 bits per heavy atom. The van der Waals surface area contributed by atoms with E-state index in [1.54, 1.807) is 18.6 Å². The van der Waals surface area contributed by atoms with Crippen LogP contribution in [0, 0.1) is 0 Å². The zero-order chi connectivity index (χ0) is 28.3. The Morgan fingerprint density at radius 2 is 1.90 bits per heavy atom. The fourth-order valence-corrected chi connectivity index (χ4v) is 6.48. The molecule has 2 saturated heterocycles. The van der Waals surface area contributed by atoms with Crippen LogP contribution in [0.4, 0.5) is 17.5 Å². The standard InChI is InChI=1S/C29H40N9OP/c1-4-5-12-31-21(2)26-35(3)24-7-6-13-32-25(24)38(26)23-8-14-37(15-9-23)27(39)29(40)10-16-36(17-11-29)20-22-18-33-28(30)34-19-22/h4-7,12-13,18-19,23,26H,2,8-11,14-17,20,40H2,1,3H3,(H2,30,33,34)/b5-4-,31-12?. The van der Waals surface area contributed by atoms with E-state index in [0.29, 0.717) is 0 Å². The predicted octanol–water partition coefficient (Wildman–Crippen LogP) is 3.10. The first kappa shape index (κ1) is 28.2. The number of aromatic nitrogens is 3. The van der Waals surface area contributed by atoms with Gasteiger partial charge in [-0.3, -0.25) is 14.7 Å². The van der Waals surface area contributed by atoms with Gasteiger partial charge in [0.15, 0.2) is 5.82 Å². The van der Waals surface area contributed by atoms with E-state index in [0.717, 1.165) is 81.2 Å². The van der Waals surface area contributed by atoms with Crippen LogP contribution in [-0.4, -0.2) is 87.5 Å². The number of aliphatic imine (C=N–C) groups is 1. The molecular weight excluding hydrogens is 521 g/mol. The summed E-state index contributed by atoms with van der Waals surface area (Å²) in [7, 11) is 4.98. The number of likely N-dealkylation sites (N-methyl/N-ethyl adjacent to an activating group) is 1. The van der Waals surface area contributed by atoms with Crippen LogP contribution in [0.25, 0.3) is 0 Å². The molecule has 2 N–H and O–H groups in total. The number of anilines is 3. The molecule has 10 nitrogen and oxygen atoms in total. The number of allylic oxidation sites excluding steroid dienone is 2. The molecule has 5 rings (SSSR count). The SMILES string of the molecule is C=C(N=C/C=C\C)C1N(C)c2cccnc2N1C1CCN(C(=O)C2(P)CCN(Cc3cnc(N)nc3)CC2)CC1. The Morgan fingerprint density at radius 1 is 1.20 bits per heavy atom. The number of nitrogens with two attached hydrogens (primary N) is 1. The van der Waals surface area contributed by atoms with Crippen molar-refractivity contribution >= 4 is 38.8 Å². The average Bonchev–Trinajstić information content (AvgIpc) is 3.27. The van der Waals surface area contributed by atoms with Crippen molar-refractivity contribution in [3.63, 3.8) is 0 Å². The molecule has 3 aliphatic heterocycles. The second-order valence-corrected chi connectivity index (χ2v) is 12.0. The Labute approximate surface area is 239 Å². The van der Waals surface area contributed by atoms with E-state index in [9.17, 15) is 4.79 Å². The number of amides is 1. The lowest BCUT2D eigenvalue weighted by Gasteiger charge is -2.45. The van der Waals surface area contributed by atoms with Crippen LogP contribution >= 0.6 is 9.24 Å². The Bertz CT molecular complexity index is 1260. The number of piperidine rings is 2. The number of fused-ring (bicyclic) bond motifs is 1. The first-order valence-corrected chi connectivity index (χ1v) is 14.6. The molecule has 11 heteroatoms. The van der Waals surface area contributed by atoms with Crippen molar-refractivity contribution in [2.24, 2.45) is 4.99 Å². The zero-order valence-electron chi connectivity index (χ0n) is 23.5. The highest BCUT2D eigenvalue weighted by Gasteiger charge is 2.44. The molecule has 0 saturated carbocycles. The number of nitrogens with zero attached hydrogens (tertiary/aromatic N) is 8. The van der Waals surface area contributed by atoms with Gasteiger partial charge >= 0.3 is 0 Å². The van der Waals surface area contributed by atoms with Gasteiger partial charge in [0.25, 0.3) is 0 Å². The van der Waals surface area contributed by atoms with Gasteiger partial charge < -0.3 is 20.4 Å². The van der Waals surface area contributed by atoms with Crippen molar-refractivity contribution < 1.29 is 4.79 Å². The highest BCUT2D eigenvalue weighted by Crippen LogP contribution is 2.42. The van der Waals surface area contributed by atoms with Gasteiger partial charge in [-0.05, 0) is 63.9 Å². The summed E-state index contributed by atoms with van der Waals surface area (Å²) in [4.78, 5) is 40.3. The van der Waals surface area contributed by atoms with Crippen LogP contribution in [0.5, 0.6) is 0 Å². The molecule has 2 aromatic heterocycles. The number of hydrogen-bond donors (Lipinski definition) is 1. The molecule has 0 radical (unpaired) electrons. The van der Waals surface area contributed by atoms with E-state index in [2.05, 4.69) is 63.5 Å². The lowest BCUT2D eigenvalue weighted by molar-refractivity contribution is -0.136. The molecule has 2 atom stereocenters. The van der Waals surface area contributed by atoms with E-state index in [1.165, 1.54) is 0 Å². The predicted molar refractivity (Wildman–Crippen MR) is 164 cm³/mol. The molecule has 0 aliphatic carbocycles. The summed E-state index contributed by atoms with van der Waals surface area (Å²) in [6.07, 6.45) is 14.3. The summed E-state index contributed by atoms with van der Waals surface area (Å²) in [6.45, 7) is 10.2. The molecule has 5 heterocycles. The van der Waals surface area contributed by atoms with Gasteiger partial charge in [-0.1, -0.05) is 12.7 Å². The molecule has 2 aromatic rings. The summed E-state index contributed by atoms with van der Waals surface area (Å²) in [5, 5.41) is -0.415. The van der Waals surface area contributed by atoms with E-state index >= 15 is 0 Å². The number of hydrogen-bond acceptors (Lipinski definition) is 9. The average molecular weight is 562 g/mol. The van der Waals surface area contributed by atoms with Crippen LogP contribution < -0.4 is 15.5 Å². The van der Waals surface area contributed by atoms with Crippen LogP contribution in [0.15, 0.2) is 60.1 Å². The molecule has 0 aromatic carbocycles. The van der Waals surface area contributed by atoms with E-state index in [4.69, 9.17) is 10.7 Å². The Kier molecular flexibility index (Phi) is 8.47. The third-order valence-electron chi connectivity index (χ3n) is 8.29. The fraction of sp³-hybridized carbons (Fsp3) is 0.483. The molecule has 212 valence electrons. The molecule has 1 amide bonds.